The molecule has 1 spiro atoms. The van der Waals surface area contributed by atoms with Gasteiger partial charge in [0, 0.05) is 42.5 Å². The summed E-state index contributed by atoms with van der Waals surface area (Å²) in [6.07, 6.45) is 2.70. The van der Waals surface area contributed by atoms with Crippen molar-refractivity contribution in [2.45, 2.75) is 18.1 Å². The van der Waals surface area contributed by atoms with Crippen LogP contribution in [0.3, 0.4) is 0 Å². The number of hydrogen-bond donors (Lipinski definition) is 1. The first-order valence-electron chi connectivity index (χ1n) is 9.91. The van der Waals surface area contributed by atoms with Gasteiger partial charge in [-0.25, -0.2) is 0 Å². The van der Waals surface area contributed by atoms with Crippen LogP contribution in [0.5, 0.6) is 0 Å². The molecular weight excluding hydrogens is 402 g/mol. The molecule has 3 aliphatic heterocycles. The van der Waals surface area contributed by atoms with Crippen molar-refractivity contribution in [2.75, 3.05) is 42.8 Å². The van der Waals surface area contributed by atoms with Crippen molar-refractivity contribution in [3.63, 3.8) is 0 Å². The zero-order chi connectivity index (χ0) is 20.7. The quantitative estimate of drug-likeness (QED) is 0.793. The lowest BCUT2D eigenvalue weighted by molar-refractivity contribution is -0.160. The van der Waals surface area contributed by atoms with Gasteiger partial charge >= 0.3 is 0 Å². The number of nitrogens with zero attached hydrogens (tertiary/aromatic N) is 4. The Balaban J connectivity index is 1.31. The van der Waals surface area contributed by atoms with Gasteiger partial charge in [0.15, 0.2) is 0 Å². The predicted molar refractivity (Wildman–Crippen MR) is 113 cm³/mol. The van der Waals surface area contributed by atoms with Gasteiger partial charge in [-0.15, -0.1) is 11.8 Å². The standard InChI is InChI=1S/C21H21N5O3S/c22-8-15-10-30-13-26(15)19(27)9-24-20(28)16-3-5-23-18-2-1-14(7-17(16)18)25-11-21(12-25)4-6-29-21/h1-3,5,7,15H,4,6,9-13H2,(H,24,28)/t15-/m1/s1. The van der Waals surface area contributed by atoms with E-state index >= 15 is 0 Å². The average molecular weight is 423 g/mol. The fourth-order valence-corrected chi connectivity index (χ4v) is 5.25. The largest absolute Gasteiger partial charge is 0.371 e. The number of rotatable bonds is 4. The van der Waals surface area contributed by atoms with Crippen molar-refractivity contribution >= 4 is 40.2 Å². The number of ether oxygens (including phenoxy) is 1. The first-order chi connectivity index (χ1) is 14.6. The van der Waals surface area contributed by atoms with E-state index in [1.165, 1.54) is 4.90 Å². The smallest absolute Gasteiger partial charge is 0.252 e. The Labute approximate surface area is 178 Å². The summed E-state index contributed by atoms with van der Waals surface area (Å²) in [5.41, 5.74) is 2.28. The molecular formula is C21H21N5O3S. The molecule has 4 heterocycles. The molecule has 5 rings (SSSR count). The second-order valence-corrected chi connectivity index (χ2v) is 8.89. The summed E-state index contributed by atoms with van der Waals surface area (Å²) >= 11 is 1.54. The van der Waals surface area contributed by atoms with Crippen molar-refractivity contribution in [3.05, 3.63) is 36.0 Å². The topological polar surface area (TPSA) is 98.6 Å². The fourth-order valence-electron chi connectivity index (χ4n) is 4.15. The number of thioether (sulfide) groups is 1. The minimum atomic E-state index is -0.428. The summed E-state index contributed by atoms with van der Waals surface area (Å²) in [6, 6.07) is 9.28. The molecule has 3 aliphatic rings. The Kier molecular flexibility index (Phi) is 4.76. The van der Waals surface area contributed by atoms with E-state index in [1.807, 2.05) is 18.2 Å². The zero-order valence-electron chi connectivity index (χ0n) is 16.3. The summed E-state index contributed by atoms with van der Waals surface area (Å²) in [5.74, 6) is 0.521. The van der Waals surface area contributed by atoms with Gasteiger partial charge in [-0.05, 0) is 24.3 Å². The molecule has 154 valence electrons. The van der Waals surface area contributed by atoms with Crippen LogP contribution in [0.15, 0.2) is 30.5 Å². The average Bonchev–Trinajstić information content (AvgIpc) is 3.18. The van der Waals surface area contributed by atoms with Gasteiger partial charge in [0.25, 0.3) is 5.91 Å². The van der Waals surface area contributed by atoms with Gasteiger partial charge in [0.2, 0.25) is 5.91 Å². The van der Waals surface area contributed by atoms with Crippen LogP contribution in [0.25, 0.3) is 10.9 Å². The number of nitrogens with one attached hydrogen (secondary N) is 1. The van der Waals surface area contributed by atoms with E-state index in [9.17, 15) is 9.59 Å². The van der Waals surface area contributed by atoms with Crippen LogP contribution < -0.4 is 10.2 Å². The lowest BCUT2D eigenvalue weighted by Crippen LogP contribution is -2.68. The van der Waals surface area contributed by atoms with E-state index in [-0.39, 0.29) is 24.0 Å². The molecule has 0 radical (unpaired) electrons. The van der Waals surface area contributed by atoms with Crippen molar-refractivity contribution in [2.24, 2.45) is 0 Å². The molecule has 3 fully saturated rings. The minimum Gasteiger partial charge on any atom is -0.371 e. The Morgan fingerprint density at radius 3 is 2.93 bits per heavy atom. The number of anilines is 1. The van der Waals surface area contributed by atoms with Crippen molar-refractivity contribution in [1.82, 2.24) is 15.2 Å². The first-order valence-corrected chi connectivity index (χ1v) is 11.1. The van der Waals surface area contributed by atoms with Gasteiger partial charge in [-0.1, -0.05) is 0 Å². The summed E-state index contributed by atoms with van der Waals surface area (Å²) < 4.78 is 5.69. The predicted octanol–water partition coefficient (Wildman–Crippen LogP) is 1.37. The van der Waals surface area contributed by atoms with E-state index in [4.69, 9.17) is 10.00 Å². The van der Waals surface area contributed by atoms with Crippen LogP contribution in [-0.4, -0.2) is 71.2 Å². The monoisotopic (exact) mass is 423 g/mol. The molecule has 1 atom stereocenters. The first kappa shape index (κ1) is 19.2. The van der Waals surface area contributed by atoms with E-state index < -0.39 is 6.04 Å². The lowest BCUT2D eigenvalue weighted by atomic mass is 9.85. The highest BCUT2D eigenvalue weighted by atomic mass is 32.2. The van der Waals surface area contributed by atoms with E-state index in [1.54, 1.807) is 24.0 Å². The molecule has 2 amide bonds. The third-order valence-electron chi connectivity index (χ3n) is 6.01. The molecule has 1 aromatic carbocycles. The second kappa shape index (κ2) is 7.45. The summed E-state index contributed by atoms with van der Waals surface area (Å²) in [6.45, 7) is 2.43. The Morgan fingerprint density at radius 2 is 2.20 bits per heavy atom. The third kappa shape index (κ3) is 3.26. The number of amides is 2. The van der Waals surface area contributed by atoms with Crippen molar-refractivity contribution < 1.29 is 14.3 Å². The van der Waals surface area contributed by atoms with Crippen molar-refractivity contribution in [3.8, 4) is 6.07 Å². The number of carbonyl (C=O) groups excluding carboxylic acids is 2. The van der Waals surface area contributed by atoms with Crippen LogP contribution in [0, 0.1) is 11.3 Å². The molecule has 1 N–H and O–H groups in total. The normalized spacial score (nSPS) is 21.8. The second-order valence-electron chi connectivity index (χ2n) is 7.89. The van der Waals surface area contributed by atoms with E-state index in [0.29, 0.717) is 17.2 Å². The molecule has 3 saturated heterocycles. The highest BCUT2D eigenvalue weighted by Crippen LogP contribution is 2.39. The Morgan fingerprint density at radius 1 is 1.37 bits per heavy atom. The van der Waals surface area contributed by atoms with Crippen LogP contribution in [0.2, 0.25) is 0 Å². The molecule has 2 aromatic rings. The maximum absolute atomic E-state index is 12.8. The third-order valence-corrected chi connectivity index (χ3v) is 7.02. The SMILES string of the molecule is N#C[C@@H]1CSCN1C(=O)CNC(=O)c1ccnc2ccc(N3CC4(CCO4)C3)cc12. The molecule has 0 bridgehead atoms. The van der Waals surface area contributed by atoms with Crippen molar-refractivity contribution in [1.29, 1.82) is 5.26 Å². The number of carbonyl (C=O) groups is 2. The number of benzene rings is 1. The number of nitriles is 1. The van der Waals surface area contributed by atoms with Crippen LogP contribution in [0.4, 0.5) is 5.69 Å². The summed E-state index contributed by atoms with van der Waals surface area (Å²) in [7, 11) is 0. The maximum Gasteiger partial charge on any atom is 0.252 e. The molecule has 9 heteroatoms. The molecule has 30 heavy (non-hydrogen) atoms. The summed E-state index contributed by atoms with van der Waals surface area (Å²) in [4.78, 5) is 33.4. The van der Waals surface area contributed by atoms with Gasteiger partial charge in [-0.2, -0.15) is 5.26 Å². The number of hydrogen-bond acceptors (Lipinski definition) is 7. The van der Waals surface area contributed by atoms with Crippen LogP contribution >= 0.6 is 11.8 Å². The summed E-state index contributed by atoms with van der Waals surface area (Å²) in [5, 5.41) is 12.6. The zero-order valence-corrected chi connectivity index (χ0v) is 17.2. The van der Waals surface area contributed by atoms with E-state index in [0.717, 1.165) is 42.7 Å². The molecule has 1 aromatic heterocycles. The maximum atomic E-state index is 12.8. The van der Waals surface area contributed by atoms with Crippen LogP contribution in [0.1, 0.15) is 16.8 Å². The highest BCUT2D eigenvalue weighted by Gasteiger charge is 2.49. The van der Waals surface area contributed by atoms with Gasteiger partial charge in [0.05, 0.1) is 36.2 Å². The fraction of sp³-hybridized carbons (Fsp3) is 0.429. The number of aromatic nitrogens is 1. The molecule has 0 unspecified atom stereocenters. The van der Waals surface area contributed by atoms with E-state index in [2.05, 4.69) is 21.3 Å². The van der Waals surface area contributed by atoms with Crippen LogP contribution in [-0.2, 0) is 9.53 Å². The lowest BCUT2D eigenvalue weighted by Gasteiger charge is -2.56. The number of pyridine rings is 1. The van der Waals surface area contributed by atoms with Gasteiger partial charge < -0.3 is 19.9 Å². The minimum absolute atomic E-state index is 0.0274. The Bertz CT molecular complexity index is 1060. The number of fused-ring (bicyclic) bond motifs is 1. The van der Waals surface area contributed by atoms with Gasteiger partial charge in [-0.3, -0.25) is 14.6 Å². The Hall–Kier alpha value is -2.83. The molecule has 0 aliphatic carbocycles. The van der Waals surface area contributed by atoms with Gasteiger partial charge in [0.1, 0.15) is 11.6 Å². The molecule has 0 saturated carbocycles. The molecule has 8 nitrogen and oxygen atoms in total. The highest BCUT2D eigenvalue weighted by molar-refractivity contribution is 7.99.